The number of aryl methyl sites for hydroxylation is 3. The minimum absolute atomic E-state index is 0.0339. The number of ketones is 1. The summed E-state index contributed by atoms with van der Waals surface area (Å²) in [6.45, 7) is 4.79. The van der Waals surface area contributed by atoms with E-state index in [0.717, 1.165) is 61.9 Å². The zero-order valence-corrected chi connectivity index (χ0v) is 20.2. The Hall–Kier alpha value is -3.37. The van der Waals surface area contributed by atoms with Gasteiger partial charge in [0.25, 0.3) is 5.56 Å². The molecular weight excluding hydrogens is 428 g/mol. The Morgan fingerprint density at radius 2 is 1.62 bits per heavy atom. The molecule has 0 aliphatic rings. The number of unbranched alkanes of at least 4 members (excludes halogenated alkanes) is 3. The lowest BCUT2D eigenvalue weighted by molar-refractivity contribution is -0.191. The van der Waals surface area contributed by atoms with Crippen molar-refractivity contribution in [3.05, 3.63) is 75.8 Å². The Morgan fingerprint density at radius 3 is 2.29 bits per heavy atom. The number of fused-ring (bicyclic) bond motifs is 1. The van der Waals surface area contributed by atoms with E-state index in [9.17, 15) is 9.59 Å². The van der Waals surface area contributed by atoms with Crippen molar-refractivity contribution in [3.63, 3.8) is 0 Å². The number of hydrogen-bond donors (Lipinski definition) is 0. The predicted octanol–water partition coefficient (Wildman–Crippen LogP) is 5.23. The van der Waals surface area contributed by atoms with Gasteiger partial charge in [-0.3, -0.25) is 14.2 Å². The lowest BCUT2D eigenvalue weighted by Gasteiger charge is -2.14. The summed E-state index contributed by atoms with van der Waals surface area (Å²) in [4.78, 5) is 46.4. The monoisotopic (exact) mass is 462 g/mol. The van der Waals surface area contributed by atoms with Crippen LogP contribution in [0.1, 0.15) is 68.8 Å². The molecule has 0 fully saturated rings. The molecule has 0 saturated heterocycles. The van der Waals surface area contributed by atoms with Gasteiger partial charge >= 0.3 is 6.15 Å². The van der Waals surface area contributed by atoms with E-state index in [1.807, 2.05) is 47.9 Å². The highest BCUT2D eigenvalue weighted by molar-refractivity contribution is 5.78. The maximum Gasteiger partial charge on any atom is 0.373 e. The van der Waals surface area contributed by atoms with Crippen LogP contribution in [0.5, 0.6) is 0 Å². The molecule has 0 aliphatic carbocycles. The lowest BCUT2D eigenvalue weighted by atomic mass is 10.1. The van der Waals surface area contributed by atoms with E-state index in [1.54, 1.807) is 0 Å². The highest BCUT2D eigenvalue weighted by atomic mass is 16.2. The molecule has 180 valence electrons. The van der Waals surface area contributed by atoms with Gasteiger partial charge in [0.2, 0.25) is 0 Å². The molecule has 0 N–H and O–H groups in total. The predicted molar refractivity (Wildman–Crippen MR) is 133 cm³/mol. The van der Waals surface area contributed by atoms with Crippen molar-refractivity contribution in [2.75, 3.05) is 0 Å². The van der Waals surface area contributed by atoms with Gasteiger partial charge in [0, 0.05) is 25.8 Å². The van der Waals surface area contributed by atoms with E-state index in [0.29, 0.717) is 30.6 Å². The average Bonchev–Trinajstić information content (AvgIpc) is 2.82. The first-order chi connectivity index (χ1) is 16.5. The zero-order valence-electron chi connectivity index (χ0n) is 20.2. The third-order valence-electron chi connectivity index (χ3n) is 5.82. The van der Waals surface area contributed by atoms with Crippen molar-refractivity contribution in [1.82, 2.24) is 9.55 Å². The SMILES string of the molecule is CCCCCC(=O)CCCCc1nc2cc(C)ccc2c(=O)n1CCc1ccccc1.O=C=O. The first kappa shape index (κ1) is 26.9. The second-order valence-corrected chi connectivity index (χ2v) is 8.53. The molecule has 0 aliphatic heterocycles. The number of nitrogens with zero attached hydrogens (tertiary/aromatic N) is 2. The summed E-state index contributed by atoms with van der Waals surface area (Å²) in [5.41, 5.74) is 3.12. The van der Waals surface area contributed by atoms with Gasteiger partial charge in [-0.1, -0.05) is 56.2 Å². The summed E-state index contributed by atoms with van der Waals surface area (Å²) < 4.78 is 1.84. The summed E-state index contributed by atoms with van der Waals surface area (Å²) in [5.74, 6) is 1.19. The number of carbonyl (C=O) groups excluding carboxylic acids is 3. The normalized spacial score (nSPS) is 10.4. The topological polar surface area (TPSA) is 86.1 Å². The maximum atomic E-state index is 13.2. The van der Waals surface area contributed by atoms with Crippen LogP contribution in [-0.4, -0.2) is 21.5 Å². The van der Waals surface area contributed by atoms with Crippen molar-refractivity contribution >= 4 is 22.8 Å². The minimum atomic E-state index is 0.0339. The molecule has 0 saturated carbocycles. The maximum absolute atomic E-state index is 13.2. The number of hydrogen-bond acceptors (Lipinski definition) is 5. The molecule has 0 radical (unpaired) electrons. The first-order valence-corrected chi connectivity index (χ1v) is 12.0. The fourth-order valence-electron chi connectivity index (χ4n) is 3.99. The molecule has 3 aromatic rings. The summed E-state index contributed by atoms with van der Waals surface area (Å²) in [7, 11) is 0. The number of carbonyl (C=O) groups is 1. The van der Waals surface area contributed by atoms with Gasteiger partial charge in [0.1, 0.15) is 11.6 Å². The van der Waals surface area contributed by atoms with Gasteiger partial charge in [-0.15, -0.1) is 0 Å². The van der Waals surface area contributed by atoms with E-state index >= 15 is 0 Å². The Bertz CT molecular complexity index is 1150. The molecule has 0 unspecified atom stereocenters. The standard InChI is InChI=1S/C27H34N2O2.CO2/c1-3-4-6-13-23(30)14-9-10-15-26-28-25-20-21(2)16-17-24(25)27(31)29(26)19-18-22-11-7-5-8-12-22;2-1-3/h5,7-8,11-12,16-17,20H,3-4,6,9-10,13-15,18-19H2,1-2H3;. The largest absolute Gasteiger partial charge is 0.373 e. The number of aromatic nitrogens is 2. The van der Waals surface area contributed by atoms with Gasteiger partial charge in [-0.25, -0.2) is 4.98 Å². The summed E-state index contributed by atoms with van der Waals surface area (Å²) >= 11 is 0. The number of rotatable bonds is 12. The van der Waals surface area contributed by atoms with Gasteiger partial charge in [0.05, 0.1) is 10.9 Å². The lowest BCUT2D eigenvalue weighted by Crippen LogP contribution is -2.26. The molecule has 34 heavy (non-hydrogen) atoms. The summed E-state index contributed by atoms with van der Waals surface area (Å²) in [6, 6.07) is 16.1. The third-order valence-corrected chi connectivity index (χ3v) is 5.82. The first-order valence-electron chi connectivity index (χ1n) is 12.0. The van der Waals surface area contributed by atoms with Crippen molar-refractivity contribution in [1.29, 1.82) is 0 Å². The van der Waals surface area contributed by atoms with Gasteiger partial charge in [0.15, 0.2) is 0 Å². The van der Waals surface area contributed by atoms with E-state index in [2.05, 4.69) is 19.1 Å². The Morgan fingerprint density at radius 1 is 0.941 bits per heavy atom. The fourth-order valence-corrected chi connectivity index (χ4v) is 3.99. The highest BCUT2D eigenvalue weighted by Crippen LogP contribution is 2.14. The Labute approximate surface area is 201 Å². The zero-order chi connectivity index (χ0) is 24.8. The molecule has 1 heterocycles. The molecule has 0 atom stereocenters. The van der Waals surface area contributed by atoms with Crippen molar-refractivity contribution < 1.29 is 14.4 Å². The Balaban J connectivity index is 0.00000129. The van der Waals surface area contributed by atoms with Crippen LogP contribution in [-0.2, 0) is 33.8 Å². The molecule has 6 nitrogen and oxygen atoms in total. The smallest absolute Gasteiger partial charge is 0.300 e. The van der Waals surface area contributed by atoms with E-state index in [1.165, 1.54) is 5.56 Å². The third kappa shape index (κ3) is 8.53. The number of Topliss-reactive ketones (excluding diaryl/α,β-unsaturated/α-hetero) is 1. The highest BCUT2D eigenvalue weighted by Gasteiger charge is 2.12. The Kier molecular flexibility index (Phi) is 11.6. The molecule has 6 heteroatoms. The molecule has 0 bridgehead atoms. The second-order valence-electron chi connectivity index (χ2n) is 8.53. The van der Waals surface area contributed by atoms with Crippen LogP contribution in [0.25, 0.3) is 10.9 Å². The molecule has 0 spiro atoms. The van der Waals surface area contributed by atoms with Crippen LogP contribution in [0.15, 0.2) is 53.3 Å². The van der Waals surface area contributed by atoms with Crippen LogP contribution in [0.4, 0.5) is 0 Å². The van der Waals surface area contributed by atoms with Crippen LogP contribution >= 0.6 is 0 Å². The average molecular weight is 463 g/mol. The molecule has 1 aromatic heterocycles. The fraction of sp³-hybridized carbons (Fsp3) is 0.429. The van der Waals surface area contributed by atoms with E-state index in [4.69, 9.17) is 14.6 Å². The summed E-state index contributed by atoms with van der Waals surface area (Å²) in [6.07, 6.45) is 8.08. The minimum Gasteiger partial charge on any atom is -0.300 e. The molecule has 0 amide bonds. The van der Waals surface area contributed by atoms with Gasteiger partial charge in [-0.2, -0.15) is 9.59 Å². The quantitative estimate of drug-likeness (QED) is 0.344. The molecular formula is C28H34N2O4. The van der Waals surface area contributed by atoms with Crippen LogP contribution in [0, 0.1) is 6.92 Å². The van der Waals surface area contributed by atoms with Crippen molar-refractivity contribution in [2.24, 2.45) is 0 Å². The number of benzene rings is 2. The van der Waals surface area contributed by atoms with E-state index < -0.39 is 0 Å². The van der Waals surface area contributed by atoms with Crippen LogP contribution < -0.4 is 5.56 Å². The van der Waals surface area contributed by atoms with Gasteiger partial charge in [-0.05, 0) is 55.9 Å². The van der Waals surface area contributed by atoms with Crippen molar-refractivity contribution in [2.45, 2.75) is 78.2 Å². The molecule has 2 aromatic carbocycles. The molecule has 3 rings (SSSR count). The summed E-state index contributed by atoms with van der Waals surface area (Å²) in [5, 5.41) is 0.675. The van der Waals surface area contributed by atoms with Gasteiger partial charge < -0.3 is 0 Å². The van der Waals surface area contributed by atoms with Crippen LogP contribution in [0.2, 0.25) is 0 Å². The second kappa shape index (κ2) is 14.7. The van der Waals surface area contributed by atoms with Crippen LogP contribution in [0.3, 0.4) is 0 Å². The van der Waals surface area contributed by atoms with Crippen molar-refractivity contribution in [3.8, 4) is 0 Å². The van der Waals surface area contributed by atoms with E-state index in [-0.39, 0.29) is 11.7 Å².